The number of halogens is 1. The molecule has 0 amide bonds. The largest absolute Gasteiger partial charge is 0.328 e. The molecule has 0 spiro atoms. The van der Waals surface area contributed by atoms with E-state index >= 15 is 0 Å². The van der Waals surface area contributed by atoms with Gasteiger partial charge in [-0.25, -0.2) is 13.2 Å². The molecule has 9 heteroatoms. The highest BCUT2D eigenvalue weighted by molar-refractivity contribution is 8.13. The Hall–Kier alpha value is -1.59. The first-order valence-corrected chi connectivity index (χ1v) is 7.57. The minimum absolute atomic E-state index is 0.0928. The summed E-state index contributed by atoms with van der Waals surface area (Å²) in [4.78, 5) is 24.0. The Morgan fingerprint density at radius 1 is 1.47 bits per heavy atom. The number of aryl methyl sites for hydroxylation is 1. The molecule has 0 aliphatic heterocycles. The van der Waals surface area contributed by atoms with E-state index in [4.69, 9.17) is 15.9 Å². The number of hydrogen-bond acceptors (Lipinski definition) is 5. The van der Waals surface area contributed by atoms with Gasteiger partial charge in [0.25, 0.3) is 14.6 Å². The van der Waals surface area contributed by atoms with E-state index in [2.05, 4.69) is 6.07 Å². The van der Waals surface area contributed by atoms with Gasteiger partial charge in [-0.2, -0.15) is 5.26 Å². The number of rotatable bonds is 4. The van der Waals surface area contributed by atoms with Crippen molar-refractivity contribution in [3.05, 3.63) is 27.0 Å². The Balaban J connectivity index is 3.22. The van der Waals surface area contributed by atoms with E-state index in [0.29, 0.717) is 6.42 Å². The maximum absolute atomic E-state index is 11.5. The molecule has 0 aromatic carbocycles. The van der Waals surface area contributed by atoms with Gasteiger partial charge in [-0.15, -0.1) is 0 Å². The van der Waals surface area contributed by atoms with E-state index in [-0.39, 0.29) is 6.54 Å². The number of nitrogens with zero attached hydrogens (tertiary/aromatic N) is 2. The summed E-state index contributed by atoms with van der Waals surface area (Å²) in [5.74, 6) is 0. The van der Waals surface area contributed by atoms with E-state index < -0.39 is 30.6 Å². The van der Waals surface area contributed by atoms with E-state index in [1.807, 2.05) is 4.98 Å². The zero-order valence-electron chi connectivity index (χ0n) is 10.3. The summed E-state index contributed by atoms with van der Waals surface area (Å²) in [6, 6.07) is 2.06. The summed E-state index contributed by atoms with van der Waals surface area (Å²) in [6.45, 7) is 3.46. The van der Waals surface area contributed by atoms with Crippen molar-refractivity contribution in [3.63, 3.8) is 0 Å². The summed E-state index contributed by atoms with van der Waals surface area (Å²) in [7, 11) is 0.862. The molecular formula is C10H12ClN3O4S. The molecule has 0 atom stereocenters. The highest BCUT2D eigenvalue weighted by atomic mass is 35.7. The van der Waals surface area contributed by atoms with E-state index in [0.717, 1.165) is 10.8 Å². The SMILES string of the molecule is CC(C)(C#N)CCn1cc(S(=O)(=O)Cl)c(=O)[nH]c1=O. The molecule has 0 aliphatic carbocycles. The Bertz CT molecular complexity index is 739. The smallest absolute Gasteiger partial charge is 0.299 e. The normalized spacial score (nSPS) is 12.1. The zero-order chi connectivity index (χ0) is 14.8. The molecule has 1 aromatic rings. The van der Waals surface area contributed by atoms with Crippen molar-refractivity contribution in [2.45, 2.75) is 31.7 Å². The monoisotopic (exact) mass is 305 g/mol. The standard InChI is InChI=1S/C10H12ClN3O4S/c1-10(2,6-12)3-4-14-5-7(19(11,17)18)8(15)13-9(14)16/h5H,3-4H2,1-2H3,(H,13,15,16). The van der Waals surface area contributed by atoms with Crippen LogP contribution in [-0.2, 0) is 15.6 Å². The Morgan fingerprint density at radius 3 is 2.53 bits per heavy atom. The second-order valence-corrected chi connectivity index (χ2v) is 7.16. The lowest BCUT2D eigenvalue weighted by Gasteiger charge is -2.15. The van der Waals surface area contributed by atoms with Crippen molar-refractivity contribution in [1.82, 2.24) is 9.55 Å². The highest BCUT2D eigenvalue weighted by Crippen LogP contribution is 2.19. The molecule has 7 nitrogen and oxygen atoms in total. The molecule has 0 unspecified atom stereocenters. The molecule has 1 heterocycles. The fourth-order valence-electron chi connectivity index (χ4n) is 1.28. The van der Waals surface area contributed by atoms with Gasteiger partial charge in [-0.1, -0.05) is 0 Å². The molecule has 1 aromatic heterocycles. The van der Waals surface area contributed by atoms with Gasteiger partial charge in [0.05, 0.1) is 11.5 Å². The van der Waals surface area contributed by atoms with Gasteiger partial charge in [0, 0.05) is 23.4 Å². The zero-order valence-corrected chi connectivity index (χ0v) is 11.9. The first-order valence-electron chi connectivity index (χ1n) is 5.26. The maximum atomic E-state index is 11.5. The lowest BCUT2D eigenvalue weighted by atomic mass is 9.91. The van der Waals surface area contributed by atoms with Crippen LogP contribution in [0.4, 0.5) is 0 Å². The van der Waals surface area contributed by atoms with Gasteiger partial charge in [-0.05, 0) is 20.3 Å². The minimum atomic E-state index is -4.23. The molecule has 19 heavy (non-hydrogen) atoms. The molecule has 1 rings (SSSR count). The van der Waals surface area contributed by atoms with Gasteiger partial charge in [0.15, 0.2) is 4.90 Å². The Labute approximate surface area is 113 Å². The predicted octanol–water partition coefficient (Wildman–Crippen LogP) is 0.404. The summed E-state index contributed by atoms with van der Waals surface area (Å²) in [5.41, 5.74) is -2.48. The van der Waals surface area contributed by atoms with Crippen LogP contribution in [0.15, 0.2) is 20.7 Å². The van der Waals surface area contributed by atoms with Gasteiger partial charge in [0.2, 0.25) is 0 Å². The van der Waals surface area contributed by atoms with Crippen molar-refractivity contribution in [3.8, 4) is 6.07 Å². The lowest BCUT2D eigenvalue weighted by Crippen LogP contribution is -2.33. The van der Waals surface area contributed by atoms with Gasteiger partial charge >= 0.3 is 5.69 Å². The van der Waals surface area contributed by atoms with E-state index in [1.54, 1.807) is 13.8 Å². The fourth-order valence-corrected chi connectivity index (χ4v) is 2.14. The maximum Gasteiger partial charge on any atom is 0.328 e. The second-order valence-electron chi connectivity index (χ2n) is 4.63. The van der Waals surface area contributed by atoms with Crippen molar-refractivity contribution in [1.29, 1.82) is 5.26 Å². The summed E-state index contributed by atoms with van der Waals surface area (Å²) < 4.78 is 23.3. The molecule has 0 radical (unpaired) electrons. The van der Waals surface area contributed by atoms with Crippen LogP contribution in [0.2, 0.25) is 0 Å². The number of H-pyrrole nitrogens is 1. The molecule has 0 bridgehead atoms. The van der Waals surface area contributed by atoms with Gasteiger partial charge < -0.3 is 0 Å². The molecule has 0 saturated carbocycles. The molecule has 0 aliphatic rings. The fraction of sp³-hybridized carbons (Fsp3) is 0.500. The topological polar surface area (TPSA) is 113 Å². The Morgan fingerprint density at radius 2 is 2.05 bits per heavy atom. The van der Waals surface area contributed by atoms with Crippen molar-refractivity contribution < 1.29 is 8.42 Å². The lowest BCUT2D eigenvalue weighted by molar-refractivity contribution is 0.405. The van der Waals surface area contributed by atoms with Crippen LogP contribution >= 0.6 is 10.7 Å². The van der Waals surface area contributed by atoms with Crippen LogP contribution in [0.25, 0.3) is 0 Å². The molecule has 0 saturated heterocycles. The van der Waals surface area contributed by atoms with Gasteiger partial charge in [0.1, 0.15) is 0 Å². The number of nitrogens with one attached hydrogen (secondary N) is 1. The van der Waals surface area contributed by atoms with Crippen LogP contribution in [0.1, 0.15) is 20.3 Å². The first kappa shape index (κ1) is 15.5. The number of hydrogen-bond donors (Lipinski definition) is 1. The molecular weight excluding hydrogens is 294 g/mol. The highest BCUT2D eigenvalue weighted by Gasteiger charge is 2.20. The summed E-state index contributed by atoms with van der Waals surface area (Å²) in [6.07, 6.45) is 1.20. The second kappa shape index (κ2) is 5.19. The number of aromatic nitrogens is 2. The minimum Gasteiger partial charge on any atom is -0.299 e. The number of aromatic amines is 1. The van der Waals surface area contributed by atoms with Crippen LogP contribution in [-0.4, -0.2) is 18.0 Å². The van der Waals surface area contributed by atoms with Crippen LogP contribution in [0.5, 0.6) is 0 Å². The number of nitriles is 1. The first-order chi connectivity index (χ1) is 8.57. The summed E-state index contributed by atoms with van der Waals surface area (Å²) in [5, 5.41) is 8.86. The van der Waals surface area contributed by atoms with Crippen LogP contribution < -0.4 is 11.2 Å². The Kier molecular flexibility index (Phi) is 4.22. The van der Waals surface area contributed by atoms with Crippen LogP contribution in [0.3, 0.4) is 0 Å². The quantitative estimate of drug-likeness (QED) is 0.809. The van der Waals surface area contributed by atoms with Crippen LogP contribution in [0, 0.1) is 16.7 Å². The molecule has 1 N–H and O–H groups in total. The molecule has 104 valence electrons. The summed E-state index contributed by atoms with van der Waals surface area (Å²) >= 11 is 0. The van der Waals surface area contributed by atoms with Crippen molar-refractivity contribution in [2.75, 3.05) is 0 Å². The third-order valence-corrected chi connectivity index (χ3v) is 3.84. The molecule has 0 fully saturated rings. The third-order valence-electron chi connectivity index (χ3n) is 2.52. The average molecular weight is 306 g/mol. The average Bonchev–Trinajstić information content (AvgIpc) is 2.26. The predicted molar refractivity (Wildman–Crippen MR) is 68.4 cm³/mol. The van der Waals surface area contributed by atoms with Gasteiger partial charge in [-0.3, -0.25) is 14.3 Å². The third kappa shape index (κ3) is 3.94. The van der Waals surface area contributed by atoms with E-state index in [9.17, 15) is 18.0 Å². The van der Waals surface area contributed by atoms with Crippen molar-refractivity contribution >= 4 is 19.7 Å². The van der Waals surface area contributed by atoms with Crippen molar-refractivity contribution in [2.24, 2.45) is 5.41 Å². The van der Waals surface area contributed by atoms with E-state index in [1.165, 1.54) is 0 Å².